The molecular formula is C14H21N5O. The van der Waals surface area contributed by atoms with Crippen molar-refractivity contribution in [3.05, 3.63) is 11.9 Å². The van der Waals surface area contributed by atoms with Crippen molar-refractivity contribution in [2.45, 2.75) is 32.8 Å². The fourth-order valence-electron chi connectivity index (χ4n) is 2.32. The van der Waals surface area contributed by atoms with Crippen molar-refractivity contribution in [2.24, 2.45) is 0 Å². The Balaban J connectivity index is 2.24. The van der Waals surface area contributed by atoms with E-state index in [1.165, 1.54) is 0 Å². The van der Waals surface area contributed by atoms with Crippen LogP contribution in [0.2, 0.25) is 0 Å². The molecule has 0 radical (unpaired) electrons. The minimum atomic E-state index is -0.379. The number of nitrogens with one attached hydrogen (secondary N) is 1. The number of ether oxygens (including phenoxy) is 1. The second-order valence-corrected chi connectivity index (χ2v) is 4.74. The lowest BCUT2D eigenvalue weighted by atomic mass is 10.2. The van der Waals surface area contributed by atoms with Crippen molar-refractivity contribution in [3.8, 4) is 6.07 Å². The summed E-state index contributed by atoms with van der Waals surface area (Å²) in [5, 5.41) is 12.4. The molecule has 1 saturated heterocycles. The van der Waals surface area contributed by atoms with E-state index in [1.807, 2.05) is 0 Å². The average Bonchev–Trinajstić information content (AvgIpc) is 2.52. The van der Waals surface area contributed by atoms with Crippen molar-refractivity contribution in [1.82, 2.24) is 9.97 Å². The van der Waals surface area contributed by atoms with E-state index in [-0.39, 0.29) is 6.10 Å². The first-order chi connectivity index (χ1) is 9.80. The number of hydrogen-bond donors (Lipinski definition) is 1. The average molecular weight is 275 g/mol. The summed E-state index contributed by atoms with van der Waals surface area (Å²) in [6, 6.07) is 2.17. The number of hydrogen-bond acceptors (Lipinski definition) is 6. The summed E-state index contributed by atoms with van der Waals surface area (Å²) in [6.07, 6.45) is 3.12. The van der Waals surface area contributed by atoms with Gasteiger partial charge in [0.05, 0.1) is 19.2 Å². The maximum Gasteiger partial charge on any atom is 0.161 e. The van der Waals surface area contributed by atoms with E-state index in [9.17, 15) is 0 Å². The van der Waals surface area contributed by atoms with Crippen LogP contribution in [0.5, 0.6) is 0 Å². The predicted molar refractivity (Wildman–Crippen MR) is 77.8 cm³/mol. The van der Waals surface area contributed by atoms with E-state index in [0.29, 0.717) is 13.2 Å². The van der Waals surface area contributed by atoms with Gasteiger partial charge in [0.1, 0.15) is 18.0 Å². The molecule has 0 spiro atoms. The Kier molecular flexibility index (Phi) is 5.13. The molecule has 1 aliphatic rings. The van der Waals surface area contributed by atoms with E-state index in [4.69, 9.17) is 10.00 Å². The van der Waals surface area contributed by atoms with Crippen LogP contribution in [0.25, 0.3) is 0 Å². The first-order valence-electron chi connectivity index (χ1n) is 7.14. The summed E-state index contributed by atoms with van der Waals surface area (Å²) in [6.45, 7) is 7.00. The molecule has 6 nitrogen and oxygen atoms in total. The molecule has 1 aliphatic heterocycles. The lowest BCUT2D eigenvalue weighted by Crippen LogP contribution is -2.42. The third kappa shape index (κ3) is 3.17. The summed E-state index contributed by atoms with van der Waals surface area (Å²) in [5.41, 5.74) is 1.11. The second-order valence-electron chi connectivity index (χ2n) is 4.74. The smallest absolute Gasteiger partial charge is 0.161 e. The summed E-state index contributed by atoms with van der Waals surface area (Å²) < 4.78 is 5.39. The largest absolute Gasteiger partial charge is 0.370 e. The number of morpholine rings is 1. The normalized spacial score (nSPS) is 18.6. The van der Waals surface area contributed by atoms with Crippen molar-refractivity contribution < 1.29 is 4.74 Å². The standard InChI is InChI=1S/C14H21N5O/c1-3-5-16-13-12(4-2)14(18-10-17-13)19-6-7-20-11(8-15)9-19/h10-11H,3-7,9H2,1-2H3,(H,16,17,18). The van der Waals surface area contributed by atoms with Crippen LogP contribution >= 0.6 is 0 Å². The first-order valence-corrected chi connectivity index (χ1v) is 7.14. The molecule has 1 aromatic heterocycles. The first kappa shape index (κ1) is 14.5. The zero-order valence-electron chi connectivity index (χ0n) is 12.1. The molecule has 0 saturated carbocycles. The van der Waals surface area contributed by atoms with Crippen molar-refractivity contribution >= 4 is 11.6 Å². The Labute approximate surface area is 119 Å². The molecule has 0 bridgehead atoms. The molecule has 0 aromatic carbocycles. The Morgan fingerprint density at radius 2 is 2.35 bits per heavy atom. The molecule has 1 atom stereocenters. The third-order valence-electron chi connectivity index (χ3n) is 3.33. The minimum Gasteiger partial charge on any atom is -0.370 e. The maximum absolute atomic E-state index is 9.01. The molecule has 2 rings (SSSR count). The molecular weight excluding hydrogens is 254 g/mol. The van der Waals surface area contributed by atoms with Gasteiger partial charge in [-0.05, 0) is 12.8 Å². The second kappa shape index (κ2) is 7.06. The zero-order chi connectivity index (χ0) is 14.4. The highest BCUT2D eigenvalue weighted by atomic mass is 16.5. The fourth-order valence-corrected chi connectivity index (χ4v) is 2.32. The molecule has 2 heterocycles. The number of nitriles is 1. The van der Waals surface area contributed by atoms with Crippen LogP contribution < -0.4 is 10.2 Å². The number of nitrogens with zero attached hydrogens (tertiary/aromatic N) is 4. The van der Waals surface area contributed by atoms with Crippen molar-refractivity contribution in [3.63, 3.8) is 0 Å². The molecule has 1 N–H and O–H groups in total. The summed E-state index contributed by atoms with van der Waals surface area (Å²) in [4.78, 5) is 10.9. The SMILES string of the molecule is CCCNc1ncnc(N2CCOC(C#N)C2)c1CC. The molecule has 1 aromatic rings. The Hall–Kier alpha value is -1.87. The van der Waals surface area contributed by atoms with Gasteiger partial charge in [0.15, 0.2) is 6.10 Å². The minimum absolute atomic E-state index is 0.379. The maximum atomic E-state index is 9.01. The van der Waals surface area contributed by atoms with Gasteiger partial charge in [-0.3, -0.25) is 0 Å². The van der Waals surface area contributed by atoms with Gasteiger partial charge >= 0.3 is 0 Å². The van der Waals surface area contributed by atoms with Crippen molar-refractivity contribution in [1.29, 1.82) is 5.26 Å². The van der Waals surface area contributed by atoms with Gasteiger partial charge in [0, 0.05) is 18.7 Å². The van der Waals surface area contributed by atoms with Crippen LogP contribution in [0.3, 0.4) is 0 Å². The van der Waals surface area contributed by atoms with Crippen LogP contribution in [0.1, 0.15) is 25.8 Å². The molecule has 108 valence electrons. The Morgan fingerprint density at radius 1 is 1.50 bits per heavy atom. The van der Waals surface area contributed by atoms with Gasteiger partial charge in [-0.25, -0.2) is 9.97 Å². The van der Waals surface area contributed by atoms with E-state index in [2.05, 4.69) is 40.1 Å². The Morgan fingerprint density at radius 3 is 3.05 bits per heavy atom. The molecule has 1 fully saturated rings. The van der Waals surface area contributed by atoms with E-state index >= 15 is 0 Å². The number of rotatable bonds is 5. The highest BCUT2D eigenvalue weighted by Crippen LogP contribution is 2.25. The molecule has 0 amide bonds. The highest BCUT2D eigenvalue weighted by molar-refractivity contribution is 5.59. The molecule has 6 heteroatoms. The van der Waals surface area contributed by atoms with Crippen LogP contribution in [0.15, 0.2) is 6.33 Å². The van der Waals surface area contributed by atoms with E-state index < -0.39 is 0 Å². The van der Waals surface area contributed by atoms with Crippen LogP contribution in [0.4, 0.5) is 11.6 Å². The quantitative estimate of drug-likeness (QED) is 0.879. The van der Waals surface area contributed by atoms with Gasteiger partial charge in [-0.1, -0.05) is 13.8 Å². The highest BCUT2D eigenvalue weighted by Gasteiger charge is 2.23. The lowest BCUT2D eigenvalue weighted by Gasteiger charge is -2.32. The van der Waals surface area contributed by atoms with Gasteiger partial charge in [0.2, 0.25) is 0 Å². The predicted octanol–water partition coefficient (Wildman–Crippen LogP) is 1.59. The van der Waals surface area contributed by atoms with E-state index in [0.717, 1.165) is 43.1 Å². The topological polar surface area (TPSA) is 74.1 Å². The molecule has 1 unspecified atom stereocenters. The van der Waals surface area contributed by atoms with Gasteiger partial charge < -0.3 is 15.0 Å². The van der Waals surface area contributed by atoms with Gasteiger partial charge in [-0.2, -0.15) is 5.26 Å². The van der Waals surface area contributed by atoms with Gasteiger partial charge in [-0.15, -0.1) is 0 Å². The van der Waals surface area contributed by atoms with Crippen LogP contribution in [-0.2, 0) is 11.2 Å². The number of aromatic nitrogens is 2. The van der Waals surface area contributed by atoms with Crippen LogP contribution in [-0.4, -0.2) is 42.3 Å². The lowest BCUT2D eigenvalue weighted by molar-refractivity contribution is 0.0761. The fraction of sp³-hybridized carbons (Fsp3) is 0.643. The van der Waals surface area contributed by atoms with E-state index in [1.54, 1.807) is 6.33 Å². The molecule has 20 heavy (non-hydrogen) atoms. The monoisotopic (exact) mass is 275 g/mol. The third-order valence-corrected chi connectivity index (χ3v) is 3.33. The summed E-state index contributed by atoms with van der Waals surface area (Å²) in [5.74, 6) is 1.82. The molecule has 0 aliphatic carbocycles. The van der Waals surface area contributed by atoms with Gasteiger partial charge in [0.25, 0.3) is 0 Å². The summed E-state index contributed by atoms with van der Waals surface area (Å²) >= 11 is 0. The Bertz CT molecular complexity index is 485. The van der Waals surface area contributed by atoms with Crippen LogP contribution in [0, 0.1) is 11.3 Å². The van der Waals surface area contributed by atoms with Crippen molar-refractivity contribution in [2.75, 3.05) is 36.5 Å². The summed E-state index contributed by atoms with van der Waals surface area (Å²) in [7, 11) is 0. The zero-order valence-corrected chi connectivity index (χ0v) is 12.1. The number of anilines is 2.